The maximum absolute atomic E-state index is 6.12. The molecule has 2 rings (SSSR count). The van der Waals surface area contributed by atoms with E-state index in [-0.39, 0.29) is 6.04 Å². The molecule has 1 aromatic heterocycles. The van der Waals surface area contributed by atoms with Gasteiger partial charge in [-0.15, -0.1) is 0 Å². The largest absolute Gasteiger partial charge is 0.327 e. The van der Waals surface area contributed by atoms with Gasteiger partial charge in [0, 0.05) is 31.4 Å². The van der Waals surface area contributed by atoms with Crippen LogP contribution in [0.25, 0.3) is 0 Å². The van der Waals surface area contributed by atoms with Crippen molar-refractivity contribution in [3.05, 3.63) is 18.0 Å². The lowest BCUT2D eigenvalue weighted by Crippen LogP contribution is -2.50. The molecule has 0 spiro atoms. The van der Waals surface area contributed by atoms with Gasteiger partial charge in [0.15, 0.2) is 0 Å². The molecule has 3 atom stereocenters. The first-order chi connectivity index (χ1) is 8.11. The monoisotopic (exact) mass is 236 g/mol. The number of aromatic nitrogens is 2. The molecule has 96 valence electrons. The highest BCUT2D eigenvalue weighted by atomic mass is 15.3. The van der Waals surface area contributed by atoms with E-state index >= 15 is 0 Å². The topological polar surface area (TPSA) is 47.1 Å². The van der Waals surface area contributed by atoms with Gasteiger partial charge in [0.1, 0.15) is 0 Å². The van der Waals surface area contributed by atoms with Crippen molar-refractivity contribution in [1.82, 2.24) is 14.7 Å². The van der Waals surface area contributed by atoms with Crippen molar-refractivity contribution in [3.8, 4) is 0 Å². The van der Waals surface area contributed by atoms with Crippen molar-refractivity contribution in [1.29, 1.82) is 0 Å². The summed E-state index contributed by atoms with van der Waals surface area (Å²) in [6.07, 6.45) is 5.68. The van der Waals surface area contributed by atoms with Crippen LogP contribution in [0.3, 0.4) is 0 Å². The second-order valence-corrected chi connectivity index (χ2v) is 5.22. The summed E-state index contributed by atoms with van der Waals surface area (Å²) in [7, 11) is 2.01. The van der Waals surface area contributed by atoms with E-state index in [1.807, 2.05) is 17.9 Å². The Kier molecular flexibility index (Phi) is 3.84. The molecule has 17 heavy (non-hydrogen) atoms. The quantitative estimate of drug-likeness (QED) is 0.868. The third kappa shape index (κ3) is 2.53. The minimum atomic E-state index is 0.242. The van der Waals surface area contributed by atoms with Gasteiger partial charge in [-0.05, 0) is 39.3 Å². The van der Waals surface area contributed by atoms with E-state index in [0.717, 1.165) is 6.54 Å². The predicted molar refractivity (Wildman–Crippen MR) is 69.6 cm³/mol. The fourth-order valence-corrected chi connectivity index (χ4v) is 2.99. The highest BCUT2D eigenvalue weighted by Crippen LogP contribution is 2.28. The van der Waals surface area contributed by atoms with Crippen LogP contribution < -0.4 is 5.73 Å². The summed E-state index contributed by atoms with van der Waals surface area (Å²) >= 11 is 0. The molecular formula is C13H24N4. The lowest BCUT2D eigenvalue weighted by molar-refractivity contribution is 0.0852. The SMILES string of the molecule is CC(N)C1CCCCN1C(C)c1ccnn1C. The van der Waals surface area contributed by atoms with E-state index in [1.54, 1.807) is 0 Å². The first-order valence-corrected chi connectivity index (χ1v) is 6.60. The molecule has 0 aliphatic carbocycles. The number of hydrogen-bond donors (Lipinski definition) is 1. The maximum atomic E-state index is 6.12. The molecule has 0 radical (unpaired) electrons. The van der Waals surface area contributed by atoms with Gasteiger partial charge in [-0.1, -0.05) is 6.42 Å². The molecule has 1 aliphatic heterocycles. The second kappa shape index (κ2) is 5.19. The molecule has 4 nitrogen and oxygen atoms in total. The Morgan fingerprint density at radius 1 is 1.41 bits per heavy atom. The average Bonchev–Trinajstić information content (AvgIpc) is 2.74. The number of likely N-dealkylation sites (tertiary alicyclic amines) is 1. The Hall–Kier alpha value is -0.870. The zero-order valence-corrected chi connectivity index (χ0v) is 11.1. The normalized spacial score (nSPS) is 25.8. The minimum absolute atomic E-state index is 0.242. The summed E-state index contributed by atoms with van der Waals surface area (Å²) in [6, 6.07) is 3.26. The molecule has 2 N–H and O–H groups in total. The molecule has 1 aromatic rings. The van der Waals surface area contributed by atoms with Crippen LogP contribution in [0.15, 0.2) is 12.3 Å². The third-order valence-corrected chi connectivity index (χ3v) is 3.98. The molecule has 0 aromatic carbocycles. The van der Waals surface area contributed by atoms with Gasteiger partial charge < -0.3 is 5.73 Å². The summed E-state index contributed by atoms with van der Waals surface area (Å²) in [5.41, 5.74) is 7.40. The molecule has 4 heteroatoms. The summed E-state index contributed by atoms with van der Waals surface area (Å²) in [4.78, 5) is 2.55. The fraction of sp³-hybridized carbons (Fsp3) is 0.769. The van der Waals surface area contributed by atoms with Gasteiger partial charge in [0.2, 0.25) is 0 Å². The van der Waals surface area contributed by atoms with Crippen molar-refractivity contribution in [2.75, 3.05) is 6.54 Å². The first-order valence-electron chi connectivity index (χ1n) is 6.60. The van der Waals surface area contributed by atoms with Gasteiger partial charge in [0.25, 0.3) is 0 Å². The first kappa shape index (κ1) is 12.6. The second-order valence-electron chi connectivity index (χ2n) is 5.22. The highest BCUT2D eigenvalue weighted by molar-refractivity contribution is 5.07. The molecular weight excluding hydrogens is 212 g/mol. The Balaban J connectivity index is 2.16. The van der Waals surface area contributed by atoms with E-state index in [2.05, 4.69) is 29.9 Å². The molecule has 3 unspecified atom stereocenters. The van der Waals surface area contributed by atoms with Gasteiger partial charge >= 0.3 is 0 Å². The number of aryl methyl sites for hydroxylation is 1. The lowest BCUT2D eigenvalue weighted by atomic mass is 9.94. The number of nitrogens with zero attached hydrogens (tertiary/aromatic N) is 3. The molecule has 1 fully saturated rings. The molecule has 0 amide bonds. The predicted octanol–water partition coefficient (Wildman–Crippen LogP) is 1.68. The van der Waals surface area contributed by atoms with Crippen LogP contribution in [0.5, 0.6) is 0 Å². The smallest absolute Gasteiger partial charge is 0.0549 e. The van der Waals surface area contributed by atoms with Crippen LogP contribution >= 0.6 is 0 Å². The van der Waals surface area contributed by atoms with E-state index in [4.69, 9.17) is 5.73 Å². The van der Waals surface area contributed by atoms with Crippen molar-refractivity contribution >= 4 is 0 Å². The van der Waals surface area contributed by atoms with E-state index in [0.29, 0.717) is 12.1 Å². The molecule has 0 saturated carbocycles. The van der Waals surface area contributed by atoms with E-state index in [9.17, 15) is 0 Å². The summed E-state index contributed by atoms with van der Waals surface area (Å²) in [6.45, 7) is 5.54. The van der Waals surface area contributed by atoms with E-state index < -0.39 is 0 Å². The summed E-state index contributed by atoms with van der Waals surface area (Å²) < 4.78 is 1.97. The summed E-state index contributed by atoms with van der Waals surface area (Å²) in [5, 5.41) is 4.26. The van der Waals surface area contributed by atoms with Gasteiger partial charge in [-0.25, -0.2) is 0 Å². The standard InChI is InChI=1S/C13H24N4/c1-10(14)12-6-4-5-9-17(12)11(2)13-7-8-15-16(13)3/h7-8,10-12H,4-6,9,14H2,1-3H3. The molecule has 2 heterocycles. The molecule has 0 bridgehead atoms. The maximum Gasteiger partial charge on any atom is 0.0549 e. The van der Waals surface area contributed by atoms with Crippen LogP contribution in [-0.4, -0.2) is 33.3 Å². The van der Waals surface area contributed by atoms with Crippen LogP contribution in [0.2, 0.25) is 0 Å². The molecule has 1 aliphatic rings. The molecule has 1 saturated heterocycles. The van der Waals surface area contributed by atoms with Crippen molar-refractivity contribution < 1.29 is 0 Å². The Morgan fingerprint density at radius 3 is 2.76 bits per heavy atom. The Labute approximate surface area is 104 Å². The van der Waals surface area contributed by atoms with Crippen LogP contribution in [0, 0.1) is 0 Å². The number of piperidine rings is 1. The number of rotatable bonds is 3. The van der Waals surface area contributed by atoms with Gasteiger partial charge in [0.05, 0.1) is 5.69 Å². The van der Waals surface area contributed by atoms with Crippen LogP contribution in [0.4, 0.5) is 0 Å². The highest BCUT2D eigenvalue weighted by Gasteiger charge is 2.30. The number of nitrogens with two attached hydrogens (primary N) is 1. The minimum Gasteiger partial charge on any atom is -0.327 e. The zero-order chi connectivity index (χ0) is 12.4. The Morgan fingerprint density at radius 2 is 2.18 bits per heavy atom. The van der Waals surface area contributed by atoms with Gasteiger partial charge in [-0.2, -0.15) is 5.10 Å². The van der Waals surface area contributed by atoms with Gasteiger partial charge in [-0.3, -0.25) is 9.58 Å². The average molecular weight is 236 g/mol. The van der Waals surface area contributed by atoms with E-state index in [1.165, 1.54) is 25.0 Å². The lowest BCUT2D eigenvalue weighted by Gasteiger charge is -2.41. The van der Waals surface area contributed by atoms with Crippen LogP contribution in [-0.2, 0) is 7.05 Å². The van der Waals surface area contributed by atoms with Crippen molar-refractivity contribution in [2.45, 2.75) is 51.2 Å². The van der Waals surface area contributed by atoms with Crippen molar-refractivity contribution in [3.63, 3.8) is 0 Å². The number of hydrogen-bond acceptors (Lipinski definition) is 3. The summed E-state index contributed by atoms with van der Waals surface area (Å²) in [5.74, 6) is 0. The zero-order valence-electron chi connectivity index (χ0n) is 11.1. The third-order valence-electron chi connectivity index (χ3n) is 3.98. The fourth-order valence-electron chi connectivity index (χ4n) is 2.99. The van der Waals surface area contributed by atoms with Crippen molar-refractivity contribution in [2.24, 2.45) is 12.8 Å². The Bertz CT molecular complexity index is 358. The van der Waals surface area contributed by atoms with Crippen LogP contribution in [0.1, 0.15) is 44.8 Å².